The zero-order valence-electron chi connectivity index (χ0n) is 15.4. The summed E-state index contributed by atoms with van der Waals surface area (Å²) in [6.45, 7) is 5.86. The molecular formula is C20H23FN2O3. The summed E-state index contributed by atoms with van der Waals surface area (Å²) in [5.41, 5.74) is 2.52. The fraction of sp³-hybridized carbons (Fsp3) is 0.300. The van der Waals surface area contributed by atoms with Gasteiger partial charge in [0.05, 0.1) is 19.2 Å². The van der Waals surface area contributed by atoms with E-state index in [2.05, 4.69) is 5.32 Å². The lowest BCUT2D eigenvalue weighted by Crippen LogP contribution is -2.38. The normalized spacial score (nSPS) is 10.5. The minimum absolute atomic E-state index is 0.0497. The first-order chi connectivity index (χ1) is 12.3. The number of amides is 1. The fourth-order valence-electron chi connectivity index (χ4n) is 2.55. The molecule has 26 heavy (non-hydrogen) atoms. The van der Waals surface area contributed by atoms with Crippen LogP contribution in [0.15, 0.2) is 42.5 Å². The maximum atomic E-state index is 13.1. The molecule has 6 heteroatoms. The summed E-state index contributed by atoms with van der Waals surface area (Å²) in [5.74, 6) is -1.01. The van der Waals surface area contributed by atoms with Crippen molar-refractivity contribution in [3.63, 3.8) is 0 Å². The number of nitrogens with one attached hydrogen (secondary N) is 1. The van der Waals surface area contributed by atoms with E-state index in [1.807, 2.05) is 25.7 Å². The Kier molecular flexibility index (Phi) is 6.33. The van der Waals surface area contributed by atoms with Gasteiger partial charge in [0.15, 0.2) is 0 Å². The molecule has 2 rings (SSSR count). The number of nitrogens with zero attached hydrogens (tertiary/aromatic N) is 1. The number of halogens is 1. The first-order valence-electron chi connectivity index (χ1n) is 8.33. The van der Waals surface area contributed by atoms with E-state index < -0.39 is 5.97 Å². The van der Waals surface area contributed by atoms with Crippen LogP contribution in [0.2, 0.25) is 0 Å². The molecule has 0 aliphatic rings. The molecular weight excluding hydrogens is 335 g/mol. The predicted octanol–water partition coefficient (Wildman–Crippen LogP) is 3.77. The summed E-state index contributed by atoms with van der Waals surface area (Å²) in [7, 11) is 1.31. The van der Waals surface area contributed by atoms with Gasteiger partial charge in [-0.25, -0.2) is 9.18 Å². The van der Waals surface area contributed by atoms with Crippen LogP contribution in [-0.2, 0) is 9.53 Å². The Bertz CT molecular complexity index is 788. The van der Waals surface area contributed by atoms with Gasteiger partial charge in [-0.2, -0.15) is 0 Å². The van der Waals surface area contributed by atoms with E-state index in [0.29, 0.717) is 11.3 Å². The Morgan fingerprint density at radius 3 is 2.38 bits per heavy atom. The highest BCUT2D eigenvalue weighted by molar-refractivity contribution is 5.97. The number of carbonyl (C=O) groups excluding carboxylic acids is 2. The van der Waals surface area contributed by atoms with Crippen LogP contribution in [0.4, 0.5) is 15.8 Å². The highest BCUT2D eigenvalue weighted by Gasteiger charge is 2.16. The third kappa shape index (κ3) is 4.81. The van der Waals surface area contributed by atoms with Crippen molar-refractivity contribution in [3.8, 4) is 0 Å². The molecule has 1 N–H and O–H groups in total. The molecule has 0 heterocycles. The van der Waals surface area contributed by atoms with Gasteiger partial charge < -0.3 is 15.0 Å². The van der Waals surface area contributed by atoms with Crippen molar-refractivity contribution >= 4 is 23.3 Å². The van der Waals surface area contributed by atoms with Crippen LogP contribution in [-0.4, -0.2) is 31.6 Å². The molecule has 0 saturated heterocycles. The largest absolute Gasteiger partial charge is 0.465 e. The van der Waals surface area contributed by atoms with Crippen LogP contribution in [0.3, 0.4) is 0 Å². The van der Waals surface area contributed by atoms with Gasteiger partial charge >= 0.3 is 5.97 Å². The Morgan fingerprint density at radius 1 is 1.15 bits per heavy atom. The van der Waals surface area contributed by atoms with Crippen LogP contribution in [0.25, 0.3) is 0 Å². The maximum absolute atomic E-state index is 13.1. The predicted molar refractivity (Wildman–Crippen MR) is 100 cm³/mol. The molecule has 1 amide bonds. The third-order valence-electron chi connectivity index (χ3n) is 4.03. The zero-order chi connectivity index (χ0) is 19.3. The lowest BCUT2D eigenvalue weighted by Gasteiger charge is -2.28. The number of benzene rings is 2. The SMILES string of the molecule is COC(=O)c1ccc(C)c(NC(=O)CN(c2ccc(F)cc2)C(C)C)c1. The average molecular weight is 358 g/mol. The molecule has 2 aromatic rings. The van der Waals surface area contributed by atoms with E-state index in [1.165, 1.54) is 19.2 Å². The van der Waals surface area contributed by atoms with Crippen LogP contribution < -0.4 is 10.2 Å². The number of methoxy groups -OCH3 is 1. The standard InChI is InChI=1S/C20H23FN2O3/c1-13(2)23(17-9-7-16(21)8-10-17)12-19(24)22-18-11-15(20(25)26-4)6-5-14(18)3/h5-11,13H,12H2,1-4H3,(H,22,24). The molecule has 0 radical (unpaired) electrons. The quantitative estimate of drug-likeness (QED) is 0.799. The average Bonchev–Trinajstić information content (AvgIpc) is 2.61. The first kappa shape index (κ1) is 19.4. The van der Waals surface area contributed by atoms with Gasteiger partial charge in [-0.3, -0.25) is 4.79 Å². The second kappa shape index (κ2) is 8.47. The summed E-state index contributed by atoms with van der Waals surface area (Å²) in [6.07, 6.45) is 0. The van der Waals surface area contributed by atoms with E-state index in [1.54, 1.807) is 30.3 Å². The molecule has 5 nitrogen and oxygen atoms in total. The van der Waals surface area contributed by atoms with Crippen molar-refractivity contribution in [1.82, 2.24) is 0 Å². The van der Waals surface area contributed by atoms with E-state index >= 15 is 0 Å². The Morgan fingerprint density at radius 2 is 1.81 bits per heavy atom. The Balaban J connectivity index is 2.16. The Hall–Kier alpha value is -2.89. The van der Waals surface area contributed by atoms with E-state index in [4.69, 9.17) is 4.74 Å². The van der Waals surface area contributed by atoms with Crippen molar-refractivity contribution in [2.45, 2.75) is 26.8 Å². The number of hydrogen-bond donors (Lipinski definition) is 1. The molecule has 0 aliphatic carbocycles. The summed E-state index contributed by atoms with van der Waals surface area (Å²) in [5, 5.41) is 2.83. The van der Waals surface area contributed by atoms with Gasteiger partial charge in [-0.1, -0.05) is 6.07 Å². The van der Waals surface area contributed by atoms with Crippen LogP contribution in [0.5, 0.6) is 0 Å². The van der Waals surface area contributed by atoms with E-state index in [9.17, 15) is 14.0 Å². The monoisotopic (exact) mass is 358 g/mol. The molecule has 0 unspecified atom stereocenters. The summed E-state index contributed by atoms with van der Waals surface area (Å²) < 4.78 is 17.9. The first-order valence-corrected chi connectivity index (χ1v) is 8.33. The molecule has 0 fully saturated rings. The lowest BCUT2D eigenvalue weighted by atomic mass is 10.1. The minimum Gasteiger partial charge on any atom is -0.465 e. The van der Waals surface area contributed by atoms with Crippen LogP contribution in [0.1, 0.15) is 29.8 Å². The number of esters is 1. The number of ether oxygens (including phenoxy) is 1. The van der Waals surface area contributed by atoms with Gasteiger partial charge in [-0.05, 0) is 62.7 Å². The van der Waals surface area contributed by atoms with Crippen molar-refractivity contribution in [3.05, 3.63) is 59.4 Å². The van der Waals surface area contributed by atoms with Crippen molar-refractivity contribution in [2.75, 3.05) is 23.9 Å². The van der Waals surface area contributed by atoms with Gasteiger partial charge in [0.25, 0.3) is 0 Å². The van der Waals surface area contributed by atoms with Crippen molar-refractivity contribution in [1.29, 1.82) is 0 Å². The fourth-order valence-corrected chi connectivity index (χ4v) is 2.55. The van der Waals surface area contributed by atoms with Gasteiger partial charge in [0, 0.05) is 17.4 Å². The molecule has 2 aromatic carbocycles. The molecule has 0 aliphatic heterocycles. The van der Waals surface area contributed by atoms with Gasteiger partial charge in [-0.15, -0.1) is 0 Å². The number of hydrogen-bond acceptors (Lipinski definition) is 4. The number of aryl methyl sites for hydroxylation is 1. The maximum Gasteiger partial charge on any atom is 0.337 e. The van der Waals surface area contributed by atoms with Crippen LogP contribution in [0, 0.1) is 12.7 Å². The lowest BCUT2D eigenvalue weighted by molar-refractivity contribution is -0.115. The molecule has 0 atom stereocenters. The Labute approximate surface area is 152 Å². The number of carbonyl (C=O) groups is 2. The van der Waals surface area contributed by atoms with E-state index in [-0.39, 0.29) is 24.3 Å². The minimum atomic E-state index is -0.462. The van der Waals surface area contributed by atoms with Gasteiger partial charge in [0.1, 0.15) is 5.82 Å². The second-order valence-corrected chi connectivity index (χ2v) is 6.27. The van der Waals surface area contributed by atoms with Gasteiger partial charge in [0.2, 0.25) is 5.91 Å². The summed E-state index contributed by atoms with van der Waals surface area (Å²) >= 11 is 0. The number of rotatable bonds is 6. The molecule has 0 spiro atoms. The summed E-state index contributed by atoms with van der Waals surface area (Å²) in [4.78, 5) is 26.1. The highest BCUT2D eigenvalue weighted by Crippen LogP contribution is 2.20. The highest BCUT2D eigenvalue weighted by atomic mass is 19.1. The smallest absolute Gasteiger partial charge is 0.337 e. The summed E-state index contributed by atoms with van der Waals surface area (Å²) in [6, 6.07) is 11.1. The zero-order valence-corrected chi connectivity index (χ0v) is 15.4. The number of anilines is 2. The molecule has 0 saturated carbocycles. The third-order valence-corrected chi connectivity index (χ3v) is 4.03. The van der Waals surface area contributed by atoms with Crippen LogP contribution >= 0.6 is 0 Å². The topological polar surface area (TPSA) is 58.6 Å². The molecule has 0 aromatic heterocycles. The molecule has 0 bridgehead atoms. The van der Waals surface area contributed by atoms with E-state index in [0.717, 1.165) is 11.3 Å². The van der Waals surface area contributed by atoms with Crippen molar-refractivity contribution < 1.29 is 18.7 Å². The molecule has 138 valence electrons. The van der Waals surface area contributed by atoms with Crippen molar-refractivity contribution in [2.24, 2.45) is 0 Å². The second-order valence-electron chi connectivity index (χ2n) is 6.27.